The van der Waals surface area contributed by atoms with Gasteiger partial charge in [0.15, 0.2) is 0 Å². The number of rotatable bonds is 5. The van der Waals surface area contributed by atoms with Gasteiger partial charge < -0.3 is 10.3 Å². The van der Waals surface area contributed by atoms with E-state index in [4.69, 9.17) is 0 Å². The SMILES string of the molecule is Cc1cncc(CNc2ccc(Cc3c[nH]c4ncccc34)cn2)c1C. The second kappa shape index (κ2) is 6.96. The molecular weight excluding hydrogens is 322 g/mol. The van der Waals surface area contributed by atoms with Crippen LogP contribution in [-0.4, -0.2) is 19.9 Å². The van der Waals surface area contributed by atoms with Crippen LogP contribution in [0.3, 0.4) is 0 Å². The van der Waals surface area contributed by atoms with Crippen LogP contribution in [0.15, 0.2) is 55.2 Å². The Kier molecular flexibility index (Phi) is 4.35. The Morgan fingerprint density at radius 3 is 2.77 bits per heavy atom. The van der Waals surface area contributed by atoms with Crippen LogP contribution in [0.25, 0.3) is 11.0 Å². The first-order valence-electron chi connectivity index (χ1n) is 8.70. The highest BCUT2D eigenvalue weighted by atomic mass is 15.0. The molecule has 0 saturated heterocycles. The lowest BCUT2D eigenvalue weighted by Crippen LogP contribution is -2.04. The summed E-state index contributed by atoms with van der Waals surface area (Å²) in [6, 6.07) is 8.20. The van der Waals surface area contributed by atoms with E-state index in [0.717, 1.165) is 29.8 Å². The number of fused-ring (bicyclic) bond motifs is 1. The average molecular weight is 343 g/mol. The van der Waals surface area contributed by atoms with Crippen LogP contribution >= 0.6 is 0 Å². The number of aromatic nitrogens is 4. The third kappa shape index (κ3) is 3.28. The third-order valence-corrected chi connectivity index (χ3v) is 4.79. The monoisotopic (exact) mass is 343 g/mol. The lowest BCUT2D eigenvalue weighted by atomic mass is 10.1. The molecule has 0 radical (unpaired) electrons. The molecule has 0 atom stereocenters. The highest BCUT2D eigenvalue weighted by molar-refractivity contribution is 5.79. The molecule has 4 aromatic rings. The number of nitrogens with zero attached hydrogens (tertiary/aromatic N) is 3. The third-order valence-electron chi connectivity index (χ3n) is 4.79. The number of aromatic amines is 1. The molecule has 4 heterocycles. The Morgan fingerprint density at radius 2 is 1.92 bits per heavy atom. The number of hydrogen-bond donors (Lipinski definition) is 2. The fourth-order valence-corrected chi connectivity index (χ4v) is 3.06. The van der Waals surface area contributed by atoms with E-state index in [2.05, 4.69) is 51.2 Å². The lowest BCUT2D eigenvalue weighted by molar-refractivity contribution is 1.04. The number of pyridine rings is 3. The van der Waals surface area contributed by atoms with Crippen molar-refractivity contribution in [1.29, 1.82) is 0 Å². The highest BCUT2D eigenvalue weighted by Gasteiger charge is 2.06. The molecule has 0 aromatic carbocycles. The Labute approximate surface area is 152 Å². The number of aryl methyl sites for hydroxylation is 1. The zero-order chi connectivity index (χ0) is 17.9. The van der Waals surface area contributed by atoms with Crippen LogP contribution < -0.4 is 5.32 Å². The van der Waals surface area contributed by atoms with Gasteiger partial charge in [0.05, 0.1) is 0 Å². The van der Waals surface area contributed by atoms with Crippen molar-refractivity contribution in [2.24, 2.45) is 0 Å². The standard InChI is InChI=1S/C21H21N5/c1-14-9-22-11-18(15(14)2)13-25-20-6-5-16(10-24-20)8-17-12-26-21-19(17)4-3-7-23-21/h3-7,9-12H,8,13H2,1-2H3,(H,23,26)(H,24,25). The molecule has 0 aliphatic rings. The minimum atomic E-state index is 0.723. The van der Waals surface area contributed by atoms with Gasteiger partial charge in [-0.05, 0) is 59.9 Å². The van der Waals surface area contributed by atoms with Crippen molar-refractivity contribution >= 4 is 16.9 Å². The summed E-state index contributed by atoms with van der Waals surface area (Å²) >= 11 is 0. The zero-order valence-electron chi connectivity index (χ0n) is 15.0. The maximum Gasteiger partial charge on any atom is 0.137 e. The summed E-state index contributed by atoms with van der Waals surface area (Å²) in [7, 11) is 0. The van der Waals surface area contributed by atoms with Crippen LogP contribution in [-0.2, 0) is 13.0 Å². The van der Waals surface area contributed by atoms with Crippen molar-refractivity contribution in [2.45, 2.75) is 26.8 Å². The summed E-state index contributed by atoms with van der Waals surface area (Å²) in [6.07, 6.45) is 10.4. The number of anilines is 1. The van der Waals surface area contributed by atoms with E-state index in [1.165, 1.54) is 27.8 Å². The van der Waals surface area contributed by atoms with Crippen molar-refractivity contribution in [3.05, 3.63) is 83.1 Å². The second-order valence-corrected chi connectivity index (χ2v) is 6.54. The maximum atomic E-state index is 4.55. The molecule has 0 amide bonds. The van der Waals surface area contributed by atoms with Crippen molar-refractivity contribution in [3.63, 3.8) is 0 Å². The Balaban J connectivity index is 1.44. The molecule has 0 fully saturated rings. The quantitative estimate of drug-likeness (QED) is 0.571. The van der Waals surface area contributed by atoms with Gasteiger partial charge in [0.2, 0.25) is 0 Å². The van der Waals surface area contributed by atoms with Gasteiger partial charge >= 0.3 is 0 Å². The van der Waals surface area contributed by atoms with Gasteiger partial charge in [-0.1, -0.05) is 6.07 Å². The van der Waals surface area contributed by atoms with Crippen molar-refractivity contribution < 1.29 is 0 Å². The fourth-order valence-electron chi connectivity index (χ4n) is 3.06. The molecule has 0 aliphatic heterocycles. The van der Waals surface area contributed by atoms with Crippen LogP contribution in [0, 0.1) is 13.8 Å². The minimum absolute atomic E-state index is 0.723. The molecule has 5 nitrogen and oxygen atoms in total. The molecule has 0 spiro atoms. The first-order valence-corrected chi connectivity index (χ1v) is 8.70. The molecule has 4 aromatic heterocycles. The molecule has 130 valence electrons. The van der Waals surface area contributed by atoms with E-state index in [1.54, 1.807) is 6.20 Å². The number of hydrogen-bond acceptors (Lipinski definition) is 4. The summed E-state index contributed by atoms with van der Waals surface area (Å²) in [4.78, 5) is 16.4. The molecule has 4 rings (SSSR count). The van der Waals surface area contributed by atoms with E-state index in [1.807, 2.05) is 36.9 Å². The lowest BCUT2D eigenvalue weighted by Gasteiger charge is -2.10. The van der Waals surface area contributed by atoms with Gasteiger partial charge in [0.1, 0.15) is 11.5 Å². The van der Waals surface area contributed by atoms with Crippen LogP contribution in [0.4, 0.5) is 5.82 Å². The number of nitrogens with one attached hydrogen (secondary N) is 2. The van der Waals surface area contributed by atoms with Gasteiger partial charge in [-0.15, -0.1) is 0 Å². The zero-order valence-corrected chi connectivity index (χ0v) is 15.0. The summed E-state index contributed by atoms with van der Waals surface area (Å²) in [6.45, 7) is 4.93. The van der Waals surface area contributed by atoms with E-state index < -0.39 is 0 Å². The van der Waals surface area contributed by atoms with Crippen LogP contribution in [0.5, 0.6) is 0 Å². The smallest absolute Gasteiger partial charge is 0.137 e. The second-order valence-electron chi connectivity index (χ2n) is 6.54. The molecule has 0 unspecified atom stereocenters. The topological polar surface area (TPSA) is 66.5 Å². The first kappa shape index (κ1) is 16.3. The largest absolute Gasteiger partial charge is 0.366 e. The molecule has 0 aliphatic carbocycles. The predicted molar refractivity (Wildman–Crippen MR) is 104 cm³/mol. The Bertz CT molecular complexity index is 1030. The van der Waals surface area contributed by atoms with Crippen molar-refractivity contribution in [3.8, 4) is 0 Å². The predicted octanol–water partition coefficient (Wildman–Crippen LogP) is 4.17. The normalized spacial score (nSPS) is 11.0. The van der Waals surface area contributed by atoms with Gasteiger partial charge in [-0.3, -0.25) is 4.98 Å². The summed E-state index contributed by atoms with van der Waals surface area (Å²) in [5.41, 5.74) is 7.02. The van der Waals surface area contributed by atoms with Gasteiger partial charge in [0.25, 0.3) is 0 Å². The molecule has 5 heteroatoms. The fraction of sp³-hybridized carbons (Fsp3) is 0.190. The van der Waals surface area contributed by atoms with E-state index >= 15 is 0 Å². The Hall–Kier alpha value is -3.21. The van der Waals surface area contributed by atoms with Crippen LogP contribution in [0.1, 0.15) is 27.8 Å². The molecule has 0 saturated carbocycles. The average Bonchev–Trinajstić information content (AvgIpc) is 3.07. The van der Waals surface area contributed by atoms with Crippen molar-refractivity contribution in [2.75, 3.05) is 5.32 Å². The van der Waals surface area contributed by atoms with Gasteiger partial charge in [-0.25, -0.2) is 9.97 Å². The van der Waals surface area contributed by atoms with Crippen molar-refractivity contribution in [1.82, 2.24) is 19.9 Å². The molecular formula is C21H21N5. The van der Waals surface area contributed by atoms with E-state index in [-0.39, 0.29) is 0 Å². The molecule has 26 heavy (non-hydrogen) atoms. The maximum absolute atomic E-state index is 4.55. The molecule has 0 bridgehead atoms. The van der Waals surface area contributed by atoms with Crippen LogP contribution in [0.2, 0.25) is 0 Å². The highest BCUT2D eigenvalue weighted by Crippen LogP contribution is 2.20. The summed E-state index contributed by atoms with van der Waals surface area (Å²) < 4.78 is 0. The minimum Gasteiger partial charge on any atom is -0.366 e. The summed E-state index contributed by atoms with van der Waals surface area (Å²) in [5, 5.41) is 4.54. The number of H-pyrrole nitrogens is 1. The summed E-state index contributed by atoms with van der Waals surface area (Å²) in [5.74, 6) is 0.871. The van der Waals surface area contributed by atoms with E-state index in [9.17, 15) is 0 Å². The van der Waals surface area contributed by atoms with E-state index in [0.29, 0.717) is 0 Å². The van der Waals surface area contributed by atoms with Gasteiger partial charge in [0, 0.05) is 49.3 Å². The Morgan fingerprint density at radius 1 is 1.00 bits per heavy atom. The molecule has 2 N–H and O–H groups in total. The van der Waals surface area contributed by atoms with Gasteiger partial charge in [-0.2, -0.15) is 0 Å². The first-order chi connectivity index (χ1) is 12.7.